The number of amides is 2. The fourth-order valence-corrected chi connectivity index (χ4v) is 2.25. The summed E-state index contributed by atoms with van der Waals surface area (Å²) in [5.74, 6) is 1.00. The first-order valence-corrected chi connectivity index (χ1v) is 7.15. The van der Waals surface area contributed by atoms with E-state index in [1.807, 2.05) is 25.1 Å². The Balaban J connectivity index is 1.78. The van der Waals surface area contributed by atoms with Gasteiger partial charge in [-0.3, -0.25) is 0 Å². The second-order valence-electron chi connectivity index (χ2n) is 4.83. The van der Waals surface area contributed by atoms with Gasteiger partial charge in [0.15, 0.2) is 0 Å². The lowest BCUT2D eigenvalue weighted by Gasteiger charge is -2.09. The largest absolute Gasteiger partial charge is 0.383 e. The number of hydrogen-bond donors (Lipinski definition) is 2. The SMILES string of the molecule is COCCNC(=O)NCCCn1c(C)nc2ccccc21. The van der Waals surface area contributed by atoms with Crippen LogP contribution in [0.1, 0.15) is 12.2 Å². The summed E-state index contributed by atoms with van der Waals surface area (Å²) < 4.78 is 7.05. The number of nitrogens with one attached hydrogen (secondary N) is 2. The Morgan fingerprint density at radius 2 is 2.05 bits per heavy atom. The average molecular weight is 290 g/mol. The van der Waals surface area contributed by atoms with Crippen molar-refractivity contribution in [1.29, 1.82) is 0 Å². The van der Waals surface area contributed by atoms with E-state index in [4.69, 9.17) is 4.74 Å². The highest BCUT2D eigenvalue weighted by Crippen LogP contribution is 2.15. The van der Waals surface area contributed by atoms with E-state index < -0.39 is 0 Å². The van der Waals surface area contributed by atoms with Gasteiger partial charge in [0.05, 0.1) is 17.6 Å². The third-order valence-corrected chi connectivity index (χ3v) is 3.28. The number of aryl methyl sites for hydroxylation is 2. The number of fused-ring (bicyclic) bond motifs is 1. The van der Waals surface area contributed by atoms with Crippen molar-refractivity contribution in [3.63, 3.8) is 0 Å². The highest BCUT2D eigenvalue weighted by atomic mass is 16.5. The second-order valence-corrected chi connectivity index (χ2v) is 4.83. The zero-order chi connectivity index (χ0) is 15.1. The maximum absolute atomic E-state index is 11.5. The highest BCUT2D eigenvalue weighted by molar-refractivity contribution is 5.75. The first kappa shape index (κ1) is 15.3. The van der Waals surface area contributed by atoms with Gasteiger partial charge in [-0.1, -0.05) is 12.1 Å². The number of ether oxygens (including phenoxy) is 1. The number of nitrogens with zero attached hydrogens (tertiary/aromatic N) is 2. The predicted octanol–water partition coefficient (Wildman–Crippen LogP) is 1.68. The number of imidazole rings is 1. The molecule has 0 spiro atoms. The van der Waals surface area contributed by atoms with E-state index in [0.717, 1.165) is 29.8 Å². The minimum atomic E-state index is -0.153. The van der Waals surface area contributed by atoms with Gasteiger partial charge >= 0.3 is 6.03 Å². The summed E-state index contributed by atoms with van der Waals surface area (Å²) in [4.78, 5) is 16.0. The lowest BCUT2D eigenvalue weighted by atomic mass is 10.3. The first-order valence-electron chi connectivity index (χ1n) is 7.15. The zero-order valence-electron chi connectivity index (χ0n) is 12.6. The van der Waals surface area contributed by atoms with Crippen molar-refractivity contribution in [1.82, 2.24) is 20.2 Å². The van der Waals surface area contributed by atoms with Crippen LogP contribution in [-0.4, -0.2) is 42.4 Å². The molecule has 0 bridgehead atoms. The lowest BCUT2D eigenvalue weighted by molar-refractivity contribution is 0.196. The maximum Gasteiger partial charge on any atom is 0.314 e. The molecule has 0 radical (unpaired) electrons. The quantitative estimate of drug-likeness (QED) is 0.762. The molecule has 0 fully saturated rings. The van der Waals surface area contributed by atoms with Crippen LogP contribution in [-0.2, 0) is 11.3 Å². The summed E-state index contributed by atoms with van der Waals surface area (Å²) in [5, 5.41) is 5.56. The number of rotatable bonds is 7. The smallest absolute Gasteiger partial charge is 0.314 e. The van der Waals surface area contributed by atoms with E-state index in [9.17, 15) is 4.79 Å². The number of benzene rings is 1. The van der Waals surface area contributed by atoms with Gasteiger partial charge in [-0.2, -0.15) is 0 Å². The number of hydrogen-bond acceptors (Lipinski definition) is 3. The molecule has 0 saturated heterocycles. The molecule has 0 aliphatic carbocycles. The highest BCUT2D eigenvalue weighted by Gasteiger charge is 2.06. The molecule has 2 rings (SSSR count). The van der Waals surface area contributed by atoms with Crippen LogP contribution in [0.4, 0.5) is 4.79 Å². The van der Waals surface area contributed by atoms with Crippen LogP contribution in [0.15, 0.2) is 24.3 Å². The van der Waals surface area contributed by atoms with Crippen LogP contribution in [0.25, 0.3) is 11.0 Å². The topological polar surface area (TPSA) is 68.2 Å². The Labute approximate surface area is 124 Å². The van der Waals surface area contributed by atoms with Crippen LogP contribution in [0.5, 0.6) is 0 Å². The van der Waals surface area contributed by atoms with Crippen molar-refractivity contribution in [3.05, 3.63) is 30.1 Å². The molecule has 6 nitrogen and oxygen atoms in total. The normalized spacial score (nSPS) is 10.8. The van der Waals surface area contributed by atoms with Gasteiger partial charge in [-0.05, 0) is 25.5 Å². The van der Waals surface area contributed by atoms with Gasteiger partial charge in [-0.25, -0.2) is 9.78 Å². The lowest BCUT2D eigenvalue weighted by Crippen LogP contribution is -2.37. The Morgan fingerprint density at radius 3 is 2.86 bits per heavy atom. The zero-order valence-corrected chi connectivity index (χ0v) is 12.6. The van der Waals surface area contributed by atoms with E-state index in [1.165, 1.54) is 0 Å². The third kappa shape index (κ3) is 4.19. The minimum absolute atomic E-state index is 0.153. The van der Waals surface area contributed by atoms with Crippen molar-refractivity contribution in [2.75, 3.05) is 26.8 Å². The fourth-order valence-electron chi connectivity index (χ4n) is 2.25. The minimum Gasteiger partial charge on any atom is -0.383 e. The van der Waals surface area contributed by atoms with Crippen LogP contribution in [0.3, 0.4) is 0 Å². The van der Waals surface area contributed by atoms with Crippen molar-refractivity contribution in [2.45, 2.75) is 19.9 Å². The van der Waals surface area contributed by atoms with Crippen LogP contribution in [0.2, 0.25) is 0 Å². The Morgan fingerprint density at radius 1 is 1.29 bits per heavy atom. The number of carbonyl (C=O) groups is 1. The van der Waals surface area contributed by atoms with E-state index in [1.54, 1.807) is 7.11 Å². The number of para-hydroxylation sites is 2. The predicted molar refractivity (Wildman–Crippen MR) is 82.4 cm³/mol. The Bertz CT molecular complexity index is 594. The summed E-state index contributed by atoms with van der Waals surface area (Å²) in [6.45, 7) is 4.52. The molecule has 0 saturated carbocycles. The molecule has 1 aromatic carbocycles. The van der Waals surface area contributed by atoms with Gasteiger partial charge in [0.2, 0.25) is 0 Å². The second kappa shape index (κ2) is 7.64. The van der Waals surface area contributed by atoms with E-state index >= 15 is 0 Å². The molecular formula is C15H22N4O2. The van der Waals surface area contributed by atoms with Crippen molar-refractivity contribution < 1.29 is 9.53 Å². The first-order chi connectivity index (χ1) is 10.2. The summed E-state index contributed by atoms with van der Waals surface area (Å²) in [6, 6.07) is 7.94. The monoisotopic (exact) mass is 290 g/mol. The molecule has 2 aromatic rings. The average Bonchev–Trinajstić information content (AvgIpc) is 2.80. The van der Waals surface area contributed by atoms with E-state index in [2.05, 4.69) is 26.3 Å². The molecule has 2 amide bonds. The molecule has 1 aromatic heterocycles. The van der Waals surface area contributed by atoms with Gasteiger partial charge < -0.3 is 19.9 Å². The van der Waals surface area contributed by atoms with E-state index in [0.29, 0.717) is 19.7 Å². The molecule has 0 atom stereocenters. The van der Waals surface area contributed by atoms with Gasteiger partial charge in [-0.15, -0.1) is 0 Å². The maximum atomic E-state index is 11.5. The summed E-state index contributed by atoms with van der Waals surface area (Å²) in [6.07, 6.45) is 0.860. The van der Waals surface area contributed by atoms with Gasteiger partial charge in [0.25, 0.3) is 0 Å². The molecule has 0 unspecified atom stereocenters. The van der Waals surface area contributed by atoms with Crippen LogP contribution < -0.4 is 10.6 Å². The molecule has 1 heterocycles. The number of methoxy groups -OCH3 is 1. The number of aromatic nitrogens is 2. The molecule has 0 aliphatic heterocycles. The van der Waals surface area contributed by atoms with Crippen molar-refractivity contribution in [3.8, 4) is 0 Å². The Kier molecular flexibility index (Phi) is 5.57. The van der Waals surface area contributed by atoms with Crippen molar-refractivity contribution in [2.24, 2.45) is 0 Å². The van der Waals surface area contributed by atoms with Crippen LogP contribution in [0, 0.1) is 6.92 Å². The van der Waals surface area contributed by atoms with Gasteiger partial charge in [0, 0.05) is 26.7 Å². The number of urea groups is 1. The summed E-state index contributed by atoms with van der Waals surface area (Å²) in [5.41, 5.74) is 2.15. The Hall–Kier alpha value is -2.08. The van der Waals surface area contributed by atoms with Crippen molar-refractivity contribution >= 4 is 17.1 Å². The molecule has 21 heavy (non-hydrogen) atoms. The molecule has 6 heteroatoms. The molecule has 0 aliphatic rings. The van der Waals surface area contributed by atoms with Gasteiger partial charge in [0.1, 0.15) is 5.82 Å². The standard InChI is InChI=1S/C15H22N4O2/c1-12-18-13-6-3-4-7-14(13)19(12)10-5-8-16-15(20)17-9-11-21-2/h3-4,6-7H,5,8-11H2,1-2H3,(H2,16,17,20). The summed E-state index contributed by atoms with van der Waals surface area (Å²) >= 11 is 0. The number of carbonyl (C=O) groups excluding carboxylic acids is 1. The molecular weight excluding hydrogens is 268 g/mol. The summed E-state index contributed by atoms with van der Waals surface area (Å²) in [7, 11) is 1.61. The van der Waals surface area contributed by atoms with Crippen LogP contribution >= 0.6 is 0 Å². The van der Waals surface area contributed by atoms with E-state index in [-0.39, 0.29) is 6.03 Å². The molecule has 2 N–H and O–H groups in total. The third-order valence-electron chi connectivity index (χ3n) is 3.28. The molecule has 114 valence electrons. The fraction of sp³-hybridized carbons (Fsp3) is 0.467.